The molecule has 186 valence electrons. The van der Waals surface area contributed by atoms with E-state index in [9.17, 15) is 9.59 Å². The lowest BCUT2D eigenvalue weighted by atomic mass is 10.1. The number of esters is 1. The first-order chi connectivity index (χ1) is 17.5. The zero-order valence-corrected chi connectivity index (χ0v) is 20.7. The van der Waals surface area contributed by atoms with Gasteiger partial charge >= 0.3 is 5.97 Å². The number of hydrogen-bond donors (Lipinski definition) is 2. The van der Waals surface area contributed by atoms with Crippen LogP contribution in [-0.2, 0) is 16.1 Å². The Morgan fingerprint density at radius 1 is 0.972 bits per heavy atom. The maximum Gasteiger partial charge on any atom is 0.337 e. The predicted octanol–water partition coefficient (Wildman–Crippen LogP) is 4.02. The summed E-state index contributed by atoms with van der Waals surface area (Å²) >= 11 is 5.42. The number of hydrogen-bond acceptors (Lipinski definition) is 7. The highest BCUT2D eigenvalue weighted by atomic mass is 32.1. The van der Waals surface area contributed by atoms with Crippen molar-refractivity contribution in [2.45, 2.75) is 6.61 Å². The van der Waals surface area contributed by atoms with Gasteiger partial charge in [0.2, 0.25) is 0 Å². The summed E-state index contributed by atoms with van der Waals surface area (Å²) < 4.78 is 16.1. The lowest BCUT2D eigenvalue weighted by Gasteiger charge is -2.31. The fourth-order valence-corrected chi connectivity index (χ4v) is 3.96. The third-order valence-corrected chi connectivity index (χ3v) is 5.79. The second kappa shape index (κ2) is 12.1. The van der Waals surface area contributed by atoms with Crippen LogP contribution in [0.4, 0.5) is 11.4 Å². The SMILES string of the molecule is COC(=O)c1ccc(N2CCOCC2)c(NC(=S)NC(=O)c2cccc(OCc3ccccc3)c2)c1. The highest BCUT2D eigenvalue weighted by Gasteiger charge is 2.19. The number of carbonyl (C=O) groups excluding carboxylic acids is 2. The molecule has 1 aliphatic rings. The number of morpholine rings is 1. The second-order valence-electron chi connectivity index (χ2n) is 8.03. The molecule has 4 rings (SSSR count). The summed E-state index contributed by atoms with van der Waals surface area (Å²) in [7, 11) is 1.33. The van der Waals surface area contributed by atoms with Gasteiger partial charge in [0.25, 0.3) is 5.91 Å². The minimum absolute atomic E-state index is 0.104. The molecular weight excluding hydrogens is 478 g/mol. The number of amides is 1. The molecule has 8 nitrogen and oxygen atoms in total. The number of anilines is 2. The van der Waals surface area contributed by atoms with Crippen LogP contribution in [0.25, 0.3) is 0 Å². The largest absolute Gasteiger partial charge is 0.489 e. The Labute approximate surface area is 215 Å². The molecule has 0 unspecified atom stereocenters. The van der Waals surface area contributed by atoms with E-state index >= 15 is 0 Å². The maximum atomic E-state index is 12.9. The van der Waals surface area contributed by atoms with Gasteiger partial charge in [0.15, 0.2) is 5.11 Å². The second-order valence-corrected chi connectivity index (χ2v) is 8.44. The molecule has 0 spiro atoms. The molecule has 1 heterocycles. The average Bonchev–Trinajstić information content (AvgIpc) is 2.92. The number of carbonyl (C=O) groups is 2. The van der Waals surface area contributed by atoms with Crippen LogP contribution in [0.15, 0.2) is 72.8 Å². The summed E-state index contributed by atoms with van der Waals surface area (Å²) in [5.74, 6) is -0.269. The number of benzene rings is 3. The van der Waals surface area contributed by atoms with Crippen molar-refractivity contribution in [1.82, 2.24) is 5.32 Å². The zero-order valence-electron chi connectivity index (χ0n) is 19.9. The monoisotopic (exact) mass is 505 g/mol. The van der Waals surface area contributed by atoms with Gasteiger partial charge in [-0.15, -0.1) is 0 Å². The van der Waals surface area contributed by atoms with Gasteiger partial charge < -0.3 is 24.4 Å². The van der Waals surface area contributed by atoms with E-state index in [4.69, 9.17) is 26.4 Å². The van der Waals surface area contributed by atoms with Gasteiger partial charge in [-0.25, -0.2) is 4.79 Å². The summed E-state index contributed by atoms with van der Waals surface area (Å²) in [4.78, 5) is 27.1. The van der Waals surface area contributed by atoms with Crippen molar-refractivity contribution in [1.29, 1.82) is 0 Å². The Hall–Kier alpha value is -3.95. The lowest BCUT2D eigenvalue weighted by Crippen LogP contribution is -2.38. The van der Waals surface area contributed by atoms with Crippen molar-refractivity contribution in [2.24, 2.45) is 0 Å². The summed E-state index contributed by atoms with van der Waals surface area (Å²) in [6.45, 7) is 2.99. The van der Waals surface area contributed by atoms with Crippen LogP contribution in [0.2, 0.25) is 0 Å². The molecule has 0 radical (unpaired) electrons. The zero-order chi connectivity index (χ0) is 25.3. The Bertz CT molecular complexity index is 1230. The standard InChI is InChI=1S/C27H27N3O5S/c1-33-26(32)21-10-11-24(30-12-14-34-15-13-30)23(17-21)28-27(36)29-25(31)20-8-5-9-22(16-20)35-18-19-6-3-2-4-7-19/h2-11,16-17H,12-15,18H2,1H3,(H2,28,29,31,36). The molecule has 3 aromatic carbocycles. The molecule has 3 aromatic rings. The van der Waals surface area contributed by atoms with E-state index in [-0.39, 0.29) is 11.0 Å². The number of rotatable bonds is 7. The molecule has 1 amide bonds. The van der Waals surface area contributed by atoms with E-state index in [1.165, 1.54) is 7.11 Å². The number of ether oxygens (including phenoxy) is 3. The smallest absolute Gasteiger partial charge is 0.337 e. The van der Waals surface area contributed by atoms with Crippen LogP contribution >= 0.6 is 12.2 Å². The molecule has 1 saturated heterocycles. The molecular formula is C27H27N3O5S. The third-order valence-electron chi connectivity index (χ3n) is 5.59. The van der Waals surface area contributed by atoms with Crippen molar-refractivity contribution >= 4 is 40.6 Å². The molecule has 2 N–H and O–H groups in total. The summed E-state index contributed by atoms with van der Waals surface area (Å²) in [5.41, 5.74) is 3.24. The van der Waals surface area contributed by atoms with Gasteiger partial charge in [0, 0.05) is 18.7 Å². The quantitative estimate of drug-likeness (QED) is 0.368. The van der Waals surface area contributed by atoms with Crippen molar-refractivity contribution in [3.63, 3.8) is 0 Å². The molecule has 0 bridgehead atoms. The van der Waals surface area contributed by atoms with E-state index in [1.54, 1.807) is 36.4 Å². The van der Waals surface area contributed by atoms with Crippen molar-refractivity contribution < 1.29 is 23.8 Å². The number of nitrogens with one attached hydrogen (secondary N) is 2. The molecule has 0 saturated carbocycles. The van der Waals surface area contributed by atoms with E-state index in [1.807, 2.05) is 36.4 Å². The minimum atomic E-state index is -0.464. The Kier molecular flexibility index (Phi) is 8.48. The molecule has 9 heteroatoms. The van der Waals surface area contributed by atoms with E-state index in [0.717, 1.165) is 11.3 Å². The average molecular weight is 506 g/mol. The first kappa shape index (κ1) is 25.2. The fourth-order valence-electron chi connectivity index (χ4n) is 3.76. The van der Waals surface area contributed by atoms with Gasteiger partial charge in [0.05, 0.1) is 37.3 Å². The first-order valence-corrected chi connectivity index (χ1v) is 11.9. The number of methoxy groups -OCH3 is 1. The predicted molar refractivity (Wildman–Crippen MR) is 142 cm³/mol. The van der Waals surface area contributed by atoms with Crippen LogP contribution in [0.5, 0.6) is 5.75 Å². The number of nitrogens with zero attached hydrogens (tertiary/aromatic N) is 1. The lowest BCUT2D eigenvalue weighted by molar-refractivity contribution is 0.0600. The third kappa shape index (κ3) is 6.59. The van der Waals surface area contributed by atoms with Crippen molar-refractivity contribution in [3.05, 3.63) is 89.5 Å². The normalized spacial score (nSPS) is 13.0. The summed E-state index contributed by atoms with van der Waals surface area (Å²) in [6, 6.07) is 21.9. The summed E-state index contributed by atoms with van der Waals surface area (Å²) in [6.07, 6.45) is 0. The summed E-state index contributed by atoms with van der Waals surface area (Å²) in [5, 5.41) is 5.88. The Morgan fingerprint density at radius 2 is 1.75 bits per heavy atom. The topological polar surface area (TPSA) is 89.1 Å². The van der Waals surface area contributed by atoms with Crippen LogP contribution in [0, 0.1) is 0 Å². The Morgan fingerprint density at radius 3 is 2.50 bits per heavy atom. The van der Waals surface area contributed by atoms with Gasteiger partial charge in [-0.05, 0) is 54.2 Å². The molecule has 0 aromatic heterocycles. The van der Waals surface area contributed by atoms with E-state index < -0.39 is 5.97 Å². The molecule has 36 heavy (non-hydrogen) atoms. The highest BCUT2D eigenvalue weighted by molar-refractivity contribution is 7.80. The fraction of sp³-hybridized carbons (Fsp3) is 0.222. The maximum absolute atomic E-state index is 12.9. The molecule has 0 atom stereocenters. The van der Waals surface area contributed by atoms with Gasteiger partial charge in [0.1, 0.15) is 12.4 Å². The van der Waals surface area contributed by atoms with Crippen LogP contribution in [0.3, 0.4) is 0 Å². The van der Waals surface area contributed by atoms with Crippen LogP contribution in [0.1, 0.15) is 26.3 Å². The highest BCUT2D eigenvalue weighted by Crippen LogP contribution is 2.28. The van der Waals surface area contributed by atoms with Gasteiger partial charge in [-0.3, -0.25) is 10.1 Å². The van der Waals surface area contributed by atoms with Crippen molar-refractivity contribution in [2.75, 3.05) is 43.6 Å². The molecule has 0 aliphatic carbocycles. The molecule has 1 aliphatic heterocycles. The van der Waals surface area contributed by atoms with Crippen LogP contribution in [-0.4, -0.2) is 50.4 Å². The van der Waals surface area contributed by atoms with Gasteiger partial charge in [-0.2, -0.15) is 0 Å². The molecule has 1 fully saturated rings. The van der Waals surface area contributed by atoms with E-state index in [2.05, 4.69) is 15.5 Å². The first-order valence-electron chi connectivity index (χ1n) is 11.5. The minimum Gasteiger partial charge on any atom is -0.489 e. The Balaban J connectivity index is 1.44. The van der Waals surface area contributed by atoms with E-state index in [0.29, 0.717) is 55.5 Å². The van der Waals surface area contributed by atoms with Gasteiger partial charge in [-0.1, -0.05) is 36.4 Å². The van der Waals surface area contributed by atoms with Crippen molar-refractivity contribution in [3.8, 4) is 5.75 Å². The number of thiocarbonyl (C=S) groups is 1. The van der Waals surface area contributed by atoms with Crippen LogP contribution < -0.4 is 20.3 Å².